The first-order valence-corrected chi connectivity index (χ1v) is 8.20. The van der Waals surface area contributed by atoms with Gasteiger partial charge in [-0.25, -0.2) is 4.98 Å². The average molecular weight is 303 g/mol. The summed E-state index contributed by atoms with van der Waals surface area (Å²) in [4.78, 5) is 4.65. The molecule has 1 unspecified atom stereocenters. The lowest BCUT2D eigenvalue weighted by Crippen LogP contribution is -2.12. The molecule has 0 aliphatic heterocycles. The van der Waals surface area contributed by atoms with E-state index in [1.54, 1.807) is 0 Å². The van der Waals surface area contributed by atoms with E-state index in [1.165, 1.54) is 0 Å². The Balaban J connectivity index is 2.60. The van der Waals surface area contributed by atoms with Gasteiger partial charge in [-0.1, -0.05) is 17.7 Å². The van der Waals surface area contributed by atoms with Crippen molar-refractivity contribution in [2.24, 2.45) is 0 Å². The van der Waals surface area contributed by atoms with Crippen molar-refractivity contribution in [3.05, 3.63) is 29.0 Å². The van der Waals surface area contributed by atoms with E-state index in [2.05, 4.69) is 22.7 Å². The third kappa shape index (κ3) is 2.63. The normalized spacial score (nSPS) is 13.1. The standard InChI is InChI=1S/C13H16Cl2N2S/c1-9(8-18-2)17-12(6-7-14)16-11-5-3-4-10(15)13(11)17/h3-5,9H,6-8H2,1-2H3. The number of halogens is 2. The summed E-state index contributed by atoms with van der Waals surface area (Å²) in [7, 11) is 0. The summed E-state index contributed by atoms with van der Waals surface area (Å²) in [6, 6.07) is 6.22. The second kappa shape index (κ2) is 6.18. The van der Waals surface area contributed by atoms with E-state index in [1.807, 2.05) is 30.0 Å². The summed E-state index contributed by atoms with van der Waals surface area (Å²) in [5.74, 6) is 2.63. The van der Waals surface area contributed by atoms with E-state index >= 15 is 0 Å². The highest BCUT2D eigenvalue weighted by Crippen LogP contribution is 2.29. The van der Waals surface area contributed by atoms with Gasteiger partial charge in [0, 0.05) is 24.1 Å². The summed E-state index contributed by atoms with van der Waals surface area (Å²) < 4.78 is 2.23. The molecule has 0 amide bonds. The van der Waals surface area contributed by atoms with Crippen LogP contribution in [0.3, 0.4) is 0 Å². The van der Waals surface area contributed by atoms with Gasteiger partial charge < -0.3 is 4.57 Å². The first kappa shape index (κ1) is 14.0. The van der Waals surface area contributed by atoms with Gasteiger partial charge in [-0.3, -0.25) is 0 Å². The zero-order valence-electron chi connectivity index (χ0n) is 10.5. The number of aryl methyl sites for hydroxylation is 1. The third-order valence-electron chi connectivity index (χ3n) is 2.90. The first-order chi connectivity index (χ1) is 8.69. The van der Waals surface area contributed by atoms with E-state index in [9.17, 15) is 0 Å². The number of hydrogen-bond acceptors (Lipinski definition) is 2. The Morgan fingerprint density at radius 2 is 2.22 bits per heavy atom. The molecular formula is C13H16Cl2N2S. The molecule has 0 bridgehead atoms. The fourth-order valence-corrected chi connectivity index (χ4v) is 3.27. The molecule has 98 valence electrons. The molecule has 0 radical (unpaired) electrons. The zero-order valence-corrected chi connectivity index (χ0v) is 12.8. The smallest absolute Gasteiger partial charge is 0.111 e. The Morgan fingerprint density at radius 3 is 2.89 bits per heavy atom. The van der Waals surface area contributed by atoms with Crippen LogP contribution in [0.2, 0.25) is 5.02 Å². The lowest BCUT2D eigenvalue weighted by Gasteiger charge is -2.16. The summed E-state index contributed by atoms with van der Waals surface area (Å²) in [5, 5.41) is 0.758. The van der Waals surface area contributed by atoms with Gasteiger partial charge in [0.15, 0.2) is 0 Å². The summed E-state index contributed by atoms with van der Waals surface area (Å²) in [5.41, 5.74) is 1.98. The minimum Gasteiger partial charge on any atom is -0.323 e. The lowest BCUT2D eigenvalue weighted by molar-refractivity contribution is 0.597. The third-order valence-corrected chi connectivity index (χ3v) is 4.21. The second-order valence-electron chi connectivity index (χ2n) is 4.25. The Labute approximate surface area is 122 Å². The van der Waals surface area contributed by atoms with Crippen molar-refractivity contribution in [2.45, 2.75) is 19.4 Å². The maximum absolute atomic E-state index is 6.32. The minimum absolute atomic E-state index is 0.364. The van der Waals surface area contributed by atoms with Gasteiger partial charge in [0.25, 0.3) is 0 Å². The van der Waals surface area contributed by atoms with Crippen LogP contribution in [0.25, 0.3) is 11.0 Å². The maximum atomic E-state index is 6.32. The Hall–Kier alpha value is -0.380. The van der Waals surface area contributed by atoms with E-state index in [-0.39, 0.29) is 0 Å². The van der Waals surface area contributed by atoms with Gasteiger partial charge in [-0.15, -0.1) is 11.6 Å². The number of thioether (sulfide) groups is 1. The van der Waals surface area contributed by atoms with E-state index in [4.69, 9.17) is 23.2 Å². The first-order valence-electron chi connectivity index (χ1n) is 5.89. The van der Waals surface area contributed by atoms with Crippen LogP contribution >= 0.6 is 35.0 Å². The quantitative estimate of drug-likeness (QED) is 0.762. The molecule has 1 heterocycles. The van der Waals surface area contributed by atoms with Crippen LogP contribution in [0.4, 0.5) is 0 Å². The number of rotatable bonds is 5. The molecule has 0 saturated carbocycles. The molecule has 1 aromatic heterocycles. The molecule has 2 nitrogen and oxygen atoms in total. The number of alkyl halides is 1. The molecular weight excluding hydrogens is 287 g/mol. The Morgan fingerprint density at radius 1 is 1.44 bits per heavy atom. The van der Waals surface area contributed by atoms with Crippen molar-refractivity contribution in [3.8, 4) is 0 Å². The number of hydrogen-bond donors (Lipinski definition) is 0. The molecule has 0 aliphatic carbocycles. The predicted octanol–water partition coefficient (Wildman–Crippen LogP) is 4.40. The van der Waals surface area contributed by atoms with Crippen molar-refractivity contribution >= 4 is 46.0 Å². The zero-order chi connectivity index (χ0) is 13.1. The molecule has 0 spiro atoms. The van der Waals surface area contributed by atoms with E-state index in [0.29, 0.717) is 11.9 Å². The van der Waals surface area contributed by atoms with Gasteiger partial charge in [0.2, 0.25) is 0 Å². The number of benzene rings is 1. The van der Waals surface area contributed by atoms with Crippen LogP contribution in [0, 0.1) is 0 Å². The van der Waals surface area contributed by atoms with Crippen LogP contribution in [0.15, 0.2) is 18.2 Å². The van der Waals surface area contributed by atoms with Gasteiger partial charge in [0.05, 0.1) is 16.1 Å². The largest absolute Gasteiger partial charge is 0.323 e. The van der Waals surface area contributed by atoms with Crippen molar-refractivity contribution in [3.63, 3.8) is 0 Å². The molecule has 1 aromatic carbocycles. The molecule has 2 rings (SSSR count). The number of imidazole rings is 1. The molecule has 2 aromatic rings. The summed E-state index contributed by atoms with van der Waals surface area (Å²) >= 11 is 14.0. The molecule has 0 saturated heterocycles. The second-order valence-corrected chi connectivity index (χ2v) is 5.94. The fourth-order valence-electron chi connectivity index (χ4n) is 2.21. The highest BCUT2D eigenvalue weighted by atomic mass is 35.5. The van der Waals surface area contributed by atoms with Gasteiger partial charge in [0.1, 0.15) is 5.82 Å². The van der Waals surface area contributed by atoms with E-state index < -0.39 is 0 Å². The topological polar surface area (TPSA) is 17.8 Å². The van der Waals surface area contributed by atoms with Crippen molar-refractivity contribution < 1.29 is 0 Å². The van der Waals surface area contributed by atoms with Gasteiger partial charge in [-0.05, 0) is 25.3 Å². The average Bonchev–Trinajstić information content (AvgIpc) is 2.69. The highest BCUT2D eigenvalue weighted by molar-refractivity contribution is 7.98. The van der Waals surface area contributed by atoms with Crippen LogP contribution in [-0.2, 0) is 6.42 Å². The summed E-state index contributed by atoms with van der Waals surface area (Å²) in [6.45, 7) is 2.19. The van der Waals surface area contributed by atoms with Crippen LogP contribution in [0.1, 0.15) is 18.8 Å². The van der Waals surface area contributed by atoms with Crippen LogP contribution < -0.4 is 0 Å². The van der Waals surface area contributed by atoms with Crippen LogP contribution in [-0.4, -0.2) is 27.4 Å². The lowest BCUT2D eigenvalue weighted by atomic mass is 10.3. The van der Waals surface area contributed by atoms with Crippen molar-refractivity contribution in [1.82, 2.24) is 9.55 Å². The van der Waals surface area contributed by atoms with Gasteiger partial charge in [-0.2, -0.15) is 11.8 Å². The SMILES string of the molecule is CSCC(C)n1c(CCCl)nc2cccc(Cl)c21. The molecule has 0 fully saturated rings. The molecule has 5 heteroatoms. The van der Waals surface area contributed by atoms with Gasteiger partial charge >= 0.3 is 0 Å². The van der Waals surface area contributed by atoms with Crippen molar-refractivity contribution in [2.75, 3.05) is 17.9 Å². The molecule has 0 aliphatic rings. The number of fused-ring (bicyclic) bond motifs is 1. The highest BCUT2D eigenvalue weighted by Gasteiger charge is 2.17. The predicted molar refractivity (Wildman–Crippen MR) is 82.3 cm³/mol. The summed E-state index contributed by atoms with van der Waals surface area (Å²) in [6.07, 6.45) is 2.88. The Bertz CT molecular complexity index is 539. The molecule has 18 heavy (non-hydrogen) atoms. The van der Waals surface area contributed by atoms with E-state index in [0.717, 1.165) is 34.1 Å². The number of nitrogens with zero attached hydrogens (tertiary/aromatic N) is 2. The number of aromatic nitrogens is 2. The Kier molecular flexibility index (Phi) is 4.82. The van der Waals surface area contributed by atoms with Crippen LogP contribution in [0.5, 0.6) is 0 Å². The molecule has 0 N–H and O–H groups in total. The van der Waals surface area contributed by atoms with Crippen molar-refractivity contribution in [1.29, 1.82) is 0 Å². The number of para-hydroxylation sites is 1. The monoisotopic (exact) mass is 302 g/mol. The fraction of sp³-hybridized carbons (Fsp3) is 0.462. The minimum atomic E-state index is 0.364. The maximum Gasteiger partial charge on any atom is 0.111 e. The molecule has 1 atom stereocenters.